The second-order valence-corrected chi connectivity index (χ2v) is 12.5. The SMILES string of the molecule is COc1ccc(C2(c3ccc(OC)cc3)CCCN(Cc3ccc(C(=O)N4CCC(Cc5ccccc5)CC4)cc3)C2)cc1. The van der Waals surface area contributed by atoms with Gasteiger partial charge in [-0.1, -0.05) is 66.7 Å². The first-order valence-electron chi connectivity index (χ1n) is 16.0. The van der Waals surface area contributed by atoms with E-state index in [0.717, 1.165) is 81.9 Å². The third-order valence-electron chi connectivity index (χ3n) is 9.73. The fourth-order valence-corrected chi connectivity index (χ4v) is 7.22. The van der Waals surface area contributed by atoms with Crippen LogP contribution in [0.1, 0.15) is 58.3 Å². The predicted molar refractivity (Wildman–Crippen MR) is 176 cm³/mol. The molecule has 0 spiro atoms. The van der Waals surface area contributed by atoms with Crippen LogP contribution in [-0.2, 0) is 18.4 Å². The molecule has 0 unspecified atom stereocenters. The highest BCUT2D eigenvalue weighted by atomic mass is 16.5. The quantitative estimate of drug-likeness (QED) is 0.205. The number of piperidine rings is 2. The molecule has 2 fully saturated rings. The van der Waals surface area contributed by atoms with E-state index < -0.39 is 0 Å². The number of carbonyl (C=O) groups is 1. The number of rotatable bonds is 9. The van der Waals surface area contributed by atoms with Gasteiger partial charge in [-0.05, 0) is 103 Å². The zero-order chi connectivity index (χ0) is 30.4. The van der Waals surface area contributed by atoms with Gasteiger partial charge in [0.2, 0.25) is 0 Å². The van der Waals surface area contributed by atoms with Gasteiger partial charge >= 0.3 is 0 Å². The zero-order valence-electron chi connectivity index (χ0n) is 26.1. The predicted octanol–water partition coefficient (Wildman–Crippen LogP) is 7.38. The molecule has 0 N–H and O–H groups in total. The van der Waals surface area contributed by atoms with Crippen molar-refractivity contribution in [3.63, 3.8) is 0 Å². The smallest absolute Gasteiger partial charge is 0.253 e. The van der Waals surface area contributed by atoms with Crippen molar-refractivity contribution >= 4 is 5.91 Å². The Morgan fingerprint density at radius 3 is 1.89 bits per heavy atom. The van der Waals surface area contributed by atoms with E-state index in [1.165, 1.54) is 22.3 Å². The third kappa shape index (κ3) is 6.68. The molecule has 5 nitrogen and oxygen atoms in total. The summed E-state index contributed by atoms with van der Waals surface area (Å²) in [6, 6.07) is 36.2. The highest BCUT2D eigenvalue weighted by Gasteiger charge is 2.39. The van der Waals surface area contributed by atoms with Gasteiger partial charge in [-0.3, -0.25) is 9.69 Å². The van der Waals surface area contributed by atoms with E-state index in [2.05, 4.69) is 95.9 Å². The summed E-state index contributed by atoms with van der Waals surface area (Å²) in [4.78, 5) is 18.0. The Morgan fingerprint density at radius 1 is 0.727 bits per heavy atom. The van der Waals surface area contributed by atoms with Gasteiger partial charge in [0.05, 0.1) is 14.2 Å². The number of methoxy groups -OCH3 is 2. The number of ether oxygens (including phenoxy) is 2. The molecular weight excluding hydrogens is 544 g/mol. The fourth-order valence-electron chi connectivity index (χ4n) is 7.22. The monoisotopic (exact) mass is 588 g/mol. The van der Waals surface area contributed by atoms with Crippen LogP contribution in [-0.4, -0.2) is 56.1 Å². The molecule has 228 valence electrons. The van der Waals surface area contributed by atoms with Crippen LogP contribution >= 0.6 is 0 Å². The Hall–Kier alpha value is -4.09. The molecular formula is C39H44N2O3. The van der Waals surface area contributed by atoms with Crippen LogP contribution in [0.5, 0.6) is 11.5 Å². The molecule has 4 aromatic carbocycles. The summed E-state index contributed by atoms with van der Waals surface area (Å²) in [7, 11) is 3.43. The maximum atomic E-state index is 13.4. The number of hydrogen-bond acceptors (Lipinski definition) is 4. The van der Waals surface area contributed by atoms with Crippen molar-refractivity contribution in [1.29, 1.82) is 0 Å². The van der Waals surface area contributed by atoms with E-state index in [-0.39, 0.29) is 11.3 Å². The average molecular weight is 589 g/mol. The lowest BCUT2D eigenvalue weighted by Crippen LogP contribution is -2.46. The van der Waals surface area contributed by atoms with E-state index in [4.69, 9.17) is 9.47 Å². The van der Waals surface area contributed by atoms with Gasteiger partial charge < -0.3 is 14.4 Å². The minimum Gasteiger partial charge on any atom is -0.497 e. The molecule has 0 bridgehead atoms. The summed E-state index contributed by atoms with van der Waals surface area (Å²) in [5, 5.41) is 0. The third-order valence-corrected chi connectivity index (χ3v) is 9.73. The maximum Gasteiger partial charge on any atom is 0.253 e. The molecule has 4 aromatic rings. The number of benzene rings is 4. The molecule has 6 rings (SSSR count). The van der Waals surface area contributed by atoms with Gasteiger partial charge in [0, 0.05) is 37.2 Å². The van der Waals surface area contributed by atoms with Crippen LogP contribution in [0.2, 0.25) is 0 Å². The lowest BCUT2D eigenvalue weighted by molar-refractivity contribution is 0.0690. The average Bonchev–Trinajstić information content (AvgIpc) is 3.09. The van der Waals surface area contributed by atoms with Crippen LogP contribution in [0.25, 0.3) is 0 Å². The van der Waals surface area contributed by atoms with Crippen molar-refractivity contribution in [1.82, 2.24) is 9.80 Å². The zero-order valence-corrected chi connectivity index (χ0v) is 26.1. The van der Waals surface area contributed by atoms with Crippen molar-refractivity contribution in [2.75, 3.05) is 40.4 Å². The summed E-state index contributed by atoms with van der Waals surface area (Å²) in [6.45, 7) is 4.50. The van der Waals surface area contributed by atoms with Crippen molar-refractivity contribution in [2.45, 2.75) is 44.1 Å². The Kier molecular flexibility index (Phi) is 9.32. The van der Waals surface area contributed by atoms with Crippen molar-refractivity contribution in [3.8, 4) is 11.5 Å². The van der Waals surface area contributed by atoms with E-state index in [9.17, 15) is 4.79 Å². The Bertz CT molecular complexity index is 1440. The van der Waals surface area contributed by atoms with Gasteiger partial charge in [-0.2, -0.15) is 0 Å². The summed E-state index contributed by atoms with van der Waals surface area (Å²) in [5.41, 5.74) is 5.91. The Balaban J connectivity index is 1.11. The summed E-state index contributed by atoms with van der Waals surface area (Å²) < 4.78 is 10.9. The molecule has 44 heavy (non-hydrogen) atoms. The molecule has 0 aromatic heterocycles. The van der Waals surface area contributed by atoms with Crippen LogP contribution < -0.4 is 9.47 Å². The van der Waals surface area contributed by atoms with E-state index in [0.29, 0.717) is 5.92 Å². The highest BCUT2D eigenvalue weighted by Crippen LogP contribution is 2.42. The topological polar surface area (TPSA) is 42.0 Å². The minimum atomic E-state index is -0.126. The Morgan fingerprint density at radius 2 is 1.32 bits per heavy atom. The fraction of sp³-hybridized carbons (Fsp3) is 0.359. The van der Waals surface area contributed by atoms with Gasteiger partial charge in [0.15, 0.2) is 0 Å². The number of amides is 1. The standard InChI is InChI=1S/C39H44N2O3/c1-43-36-17-13-34(14-18-36)39(35-15-19-37(44-2)20-16-35)23-6-24-40(29-39)28-32-9-11-33(12-10-32)38(42)41-25-21-31(22-26-41)27-30-7-4-3-5-8-30/h3-5,7-20,31H,6,21-29H2,1-2H3. The first-order chi connectivity index (χ1) is 21.6. The number of likely N-dealkylation sites (tertiary alicyclic amines) is 2. The van der Waals surface area contributed by atoms with Gasteiger partial charge in [-0.25, -0.2) is 0 Å². The first kappa shape index (κ1) is 30.0. The van der Waals surface area contributed by atoms with E-state index >= 15 is 0 Å². The van der Waals surface area contributed by atoms with Crippen LogP contribution in [0.4, 0.5) is 0 Å². The Labute approximate surface area is 262 Å². The summed E-state index contributed by atoms with van der Waals surface area (Å²) in [6.07, 6.45) is 5.43. The summed E-state index contributed by atoms with van der Waals surface area (Å²) >= 11 is 0. The molecule has 0 atom stereocenters. The van der Waals surface area contributed by atoms with Crippen LogP contribution in [0.3, 0.4) is 0 Å². The van der Waals surface area contributed by atoms with Gasteiger partial charge in [0.25, 0.3) is 5.91 Å². The number of carbonyl (C=O) groups excluding carboxylic acids is 1. The lowest BCUT2D eigenvalue weighted by atomic mass is 9.69. The molecule has 2 saturated heterocycles. The van der Waals surface area contributed by atoms with Crippen LogP contribution in [0.15, 0.2) is 103 Å². The van der Waals surface area contributed by atoms with E-state index in [1.54, 1.807) is 14.2 Å². The molecule has 0 radical (unpaired) electrons. The largest absolute Gasteiger partial charge is 0.497 e. The molecule has 0 saturated carbocycles. The highest BCUT2D eigenvalue weighted by molar-refractivity contribution is 5.94. The van der Waals surface area contributed by atoms with E-state index in [1.807, 2.05) is 17.0 Å². The van der Waals surface area contributed by atoms with Crippen molar-refractivity contribution < 1.29 is 14.3 Å². The van der Waals surface area contributed by atoms with Crippen LogP contribution in [0, 0.1) is 5.92 Å². The lowest BCUT2D eigenvalue weighted by Gasteiger charge is -2.44. The first-order valence-corrected chi connectivity index (χ1v) is 16.0. The minimum absolute atomic E-state index is 0.126. The maximum absolute atomic E-state index is 13.4. The normalized spacial score (nSPS) is 17.3. The molecule has 1 amide bonds. The number of hydrogen-bond donors (Lipinski definition) is 0. The molecule has 2 aliphatic rings. The van der Waals surface area contributed by atoms with Gasteiger partial charge in [-0.15, -0.1) is 0 Å². The molecule has 2 heterocycles. The number of nitrogens with zero attached hydrogens (tertiary/aromatic N) is 2. The van der Waals surface area contributed by atoms with Gasteiger partial charge in [0.1, 0.15) is 11.5 Å². The molecule has 2 aliphatic heterocycles. The molecule has 5 heteroatoms. The molecule has 0 aliphatic carbocycles. The summed E-state index contributed by atoms with van der Waals surface area (Å²) in [5.74, 6) is 2.55. The van der Waals surface area contributed by atoms with Crippen molar-refractivity contribution in [3.05, 3.63) is 131 Å². The second kappa shape index (κ2) is 13.7. The second-order valence-electron chi connectivity index (χ2n) is 12.5. The van der Waals surface area contributed by atoms with Crippen molar-refractivity contribution in [2.24, 2.45) is 5.92 Å².